The molecule has 0 aromatic rings. The van der Waals surface area contributed by atoms with Crippen molar-refractivity contribution in [3.8, 4) is 6.07 Å². The van der Waals surface area contributed by atoms with Gasteiger partial charge in [0.05, 0.1) is 18.2 Å². The first kappa shape index (κ1) is 18.5. The number of hydrogen-bond donors (Lipinski definition) is 2. The summed E-state index contributed by atoms with van der Waals surface area (Å²) in [6, 6.07) is 1.94. The van der Waals surface area contributed by atoms with Crippen molar-refractivity contribution in [1.82, 2.24) is 10.2 Å². The molecule has 5 nitrogen and oxygen atoms in total. The van der Waals surface area contributed by atoms with Gasteiger partial charge in [0.1, 0.15) is 6.04 Å². The van der Waals surface area contributed by atoms with Gasteiger partial charge in [-0.25, -0.2) is 0 Å². The number of amides is 1. The largest absolute Gasteiger partial charge is 0.389 e. The van der Waals surface area contributed by atoms with Gasteiger partial charge in [0.25, 0.3) is 0 Å². The second kappa shape index (κ2) is 6.23. The van der Waals surface area contributed by atoms with E-state index in [2.05, 4.69) is 11.4 Å². The molecule has 23 heavy (non-hydrogen) atoms. The van der Waals surface area contributed by atoms with E-state index in [1.165, 1.54) is 19.3 Å². The van der Waals surface area contributed by atoms with Crippen LogP contribution in [-0.4, -0.2) is 46.2 Å². The Kier molecular flexibility index (Phi) is 5.02. The number of nitrogens with zero attached hydrogens (tertiary/aromatic N) is 2. The third-order valence-corrected chi connectivity index (χ3v) is 6.24. The van der Waals surface area contributed by atoms with Gasteiger partial charge in [-0.2, -0.15) is 5.26 Å². The molecule has 0 unspecified atom stereocenters. The zero-order chi connectivity index (χ0) is 16.0. The number of nitrogens with one attached hydrogen (secondary N) is 1. The highest BCUT2D eigenvalue weighted by atomic mass is 35.5. The summed E-state index contributed by atoms with van der Waals surface area (Å²) < 4.78 is 0. The molecule has 1 saturated heterocycles. The van der Waals surface area contributed by atoms with Crippen LogP contribution in [0.4, 0.5) is 0 Å². The lowest BCUT2D eigenvalue weighted by Gasteiger charge is -2.65. The Morgan fingerprint density at radius 2 is 2.04 bits per heavy atom. The highest BCUT2D eigenvalue weighted by molar-refractivity contribution is 5.85. The van der Waals surface area contributed by atoms with E-state index in [9.17, 15) is 9.90 Å². The lowest BCUT2D eigenvalue weighted by Crippen LogP contribution is -2.72. The van der Waals surface area contributed by atoms with E-state index in [-0.39, 0.29) is 36.4 Å². The van der Waals surface area contributed by atoms with Crippen LogP contribution in [0.15, 0.2) is 0 Å². The fourth-order valence-electron chi connectivity index (χ4n) is 4.58. The van der Waals surface area contributed by atoms with Gasteiger partial charge in [-0.15, -0.1) is 12.4 Å². The average molecular weight is 342 g/mol. The molecular weight excluding hydrogens is 314 g/mol. The van der Waals surface area contributed by atoms with Crippen LogP contribution in [0.3, 0.4) is 0 Å². The lowest BCUT2D eigenvalue weighted by molar-refractivity contribution is -0.158. The summed E-state index contributed by atoms with van der Waals surface area (Å²) in [6.07, 6.45) is 7.40. The Morgan fingerprint density at radius 3 is 2.52 bits per heavy atom. The molecule has 0 bridgehead atoms. The molecule has 1 heterocycles. The molecule has 2 N–H and O–H groups in total. The zero-order valence-electron chi connectivity index (χ0n) is 14.1. The van der Waals surface area contributed by atoms with Crippen LogP contribution in [-0.2, 0) is 4.79 Å². The Bertz CT molecular complexity index is 497. The highest BCUT2D eigenvalue weighted by Gasteiger charge is 2.62. The van der Waals surface area contributed by atoms with E-state index in [1.54, 1.807) is 4.90 Å². The van der Waals surface area contributed by atoms with E-state index in [0.717, 1.165) is 25.7 Å². The summed E-state index contributed by atoms with van der Waals surface area (Å²) >= 11 is 0. The third kappa shape index (κ3) is 3.09. The van der Waals surface area contributed by atoms with Crippen LogP contribution in [0, 0.1) is 16.7 Å². The van der Waals surface area contributed by atoms with Crippen molar-refractivity contribution in [3.05, 3.63) is 0 Å². The predicted molar refractivity (Wildman–Crippen MR) is 90.1 cm³/mol. The first-order valence-electron chi connectivity index (χ1n) is 8.47. The van der Waals surface area contributed by atoms with Crippen LogP contribution in [0.5, 0.6) is 0 Å². The topological polar surface area (TPSA) is 76.4 Å². The minimum Gasteiger partial charge on any atom is -0.389 e. The molecule has 6 heteroatoms. The lowest BCUT2D eigenvalue weighted by atomic mass is 9.45. The first-order chi connectivity index (χ1) is 10.3. The zero-order valence-corrected chi connectivity index (χ0v) is 14.9. The summed E-state index contributed by atoms with van der Waals surface area (Å²) in [4.78, 5) is 14.1. The van der Waals surface area contributed by atoms with Crippen molar-refractivity contribution >= 4 is 18.3 Å². The molecule has 0 aromatic heterocycles. The molecule has 0 radical (unpaired) electrons. The number of halogens is 1. The predicted octanol–water partition coefficient (Wildman–Crippen LogP) is 1.99. The van der Waals surface area contributed by atoms with Crippen LogP contribution < -0.4 is 5.32 Å². The fraction of sp³-hybridized carbons (Fsp3) is 0.882. The number of carbonyl (C=O) groups is 1. The number of carbonyl (C=O) groups excluding carboxylic acids is 1. The van der Waals surface area contributed by atoms with Gasteiger partial charge in [-0.05, 0) is 57.8 Å². The van der Waals surface area contributed by atoms with Crippen LogP contribution >= 0.6 is 12.4 Å². The van der Waals surface area contributed by atoms with Gasteiger partial charge in [-0.3, -0.25) is 4.79 Å². The minimum absolute atomic E-state index is 0. The Balaban J connectivity index is 0.00000192. The first-order valence-corrected chi connectivity index (χ1v) is 8.47. The van der Waals surface area contributed by atoms with Crippen molar-refractivity contribution in [2.24, 2.45) is 5.41 Å². The molecule has 3 aliphatic rings. The Labute approximate surface area is 144 Å². The molecule has 3 fully saturated rings. The molecule has 130 valence electrons. The van der Waals surface area contributed by atoms with Gasteiger partial charge in [0.15, 0.2) is 0 Å². The van der Waals surface area contributed by atoms with Crippen molar-refractivity contribution < 1.29 is 9.90 Å². The molecule has 2 saturated carbocycles. The van der Waals surface area contributed by atoms with Crippen LogP contribution in [0.1, 0.15) is 58.8 Å². The molecule has 3 rings (SSSR count). The van der Waals surface area contributed by atoms with Crippen molar-refractivity contribution in [3.63, 3.8) is 0 Å². The minimum atomic E-state index is -0.840. The van der Waals surface area contributed by atoms with E-state index in [0.29, 0.717) is 12.0 Å². The van der Waals surface area contributed by atoms with Gasteiger partial charge in [-0.1, -0.05) is 6.42 Å². The summed E-state index contributed by atoms with van der Waals surface area (Å²) in [5, 5.41) is 23.0. The highest BCUT2D eigenvalue weighted by Crippen LogP contribution is 2.63. The molecule has 0 aromatic carbocycles. The van der Waals surface area contributed by atoms with Crippen LogP contribution in [0.25, 0.3) is 0 Å². The monoisotopic (exact) mass is 341 g/mol. The Hall–Kier alpha value is -0.830. The number of hydrogen-bond acceptors (Lipinski definition) is 4. The fourth-order valence-corrected chi connectivity index (χ4v) is 4.58. The quantitative estimate of drug-likeness (QED) is 0.819. The smallest absolute Gasteiger partial charge is 0.237 e. The van der Waals surface area contributed by atoms with Crippen molar-refractivity contribution in [2.75, 3.05) is 13.1 Å². The third-order valence-electron chi connectivity index (χ3n) is 6.24. The number of rotatable bonds is 4. The SMILES string of the molecule is CC(C)(O)C1(NCC(=O)N2CCC[C@H]2C#N)CC2(CCC2)C1.Cl. The molecular formula is C17H28ClN3O2. The maximum absolute atomic E-state index is 12.4. The molecule has 1 amide bonds. The van der Waals surface area contributed by atoms with Crippen molar-refractivity contribution in [2.45, 2.75) is 76.0 Å². The number of aliphatic hydroxyl groups is 1. The standard InChI is InChI=1S/C17H27N3O2.ClH/c1-15(2,22)17(11-16(12-17)6-4-7-16)19-10-14(21)20-8-3-5-13(20)9-18;/h13,19,22H,3-8,10-12H2,1-2H3;1H/t13-;/m0./s1. The summed E-state index contributed by atoms with van der Waals surface area (Å²) in [5.74, 6) is -0.0118. The van der Waals surface area contributed by atoms with Crippen molar-refractivity contribution in [1.29, 1.82) is 5.26 Å². The second-order valence-electron chi connectivity index (χ2n) is 8.08. The molecule has 1 spiro atoms. The summed E-state index contributed by atoms with van der Waals surface area (Å²) in [5.41, 5.74) is -0.780. The van der Waals surface area contributed by atoms with Gasteiger partial charge in [0, 0.05) is 12.1 Å². The molecule has 1 aliphatic heterocycles. The number of nitriles is 1. The normalized spacial score (nSPS) is 27.6. The average Bonchev–Trinajstić information content (AvgIpc) is 2.81. The van der Waals surface area contributed by atoms with Gasteiger partial charge < -0.3 is 15.3 Å². The summed E-state index contributed by atoms with van der Waals surface area (Å²) in [7, 11) is 0. The van der Waals surface area contributed by atoms with E-state index < -0.39 is 5.60 Å². The maximum Gasteiger partial charge on any atom is 0.237 e. The van der Waals surface area contributed by atoms with E-state index >= 15 is 0 Å². The van der Waals surface area contributed by atoms with E-state index in [1.807, 2.05) is 13.8 Å². The van der Waals surface area contributed by atoms with Gasteiger partial charge in [0.2, 0.25) is 5.91 Å². The van der Waals surface area contributed by atoms with E-state index in [4.69, 9.17) is 5.26 Å². The van der Waals surface area contributed by atoms with Gasteiger partial charge >= 0.3 is 0 Å². The maximum atomic E-state index is 12.4. The molecule has 1 atom stereocenters. The second-order valence-corrected chi connectivity index (χ2v) is 8.08. The summed E-state index contributed by atoms with van der Waals surface area (Å²) in [6.45, 7) is 4.57. The Morgan fingerprint density at radius 1 is 1.39 bits per heavy atom. The molecule has 2 aliphatic carbocycles. The van der Waals surface area contributed by atoms with Crippen LogP contribution in [0.2, 0.25) is 0 Å². The number of likely N-dealkylation sites (tertiary alicyclic amines) is 1.